The molecule has 0 aliphatic carbocycles. The second-order valence-electron chi connectivity index (χ2n) is 4.49. The first kappa shape index (κ1) is 17.2. The Hall–Kier alpha value is -3.16. The van der Waals surface area contributed by atoms with Gasteiger partial charge in [0.15, 0.2) is 6.61 Å². The number of imide groups is 1. The van der Waals surface area contributed by atoms with Crippen LogP contribution in [0.1, 0.15) is 17.5 Å². The smallest absolute Gasteiger partial charge is 0.413 e. The lowest BCUT2D eigenvalue weighted by molar-refractivity contribution is -0.123. The number of ether oxygens (including phenoxy) is 2. The summed E-state index contributed by atoms with van der Waals surface area (Å²) in [5, 5.41) is 1.87. The quantitative estimate of drug-likeness (QED) is 0.844. The molecule has 0 fully saturated rings. The van der Waals surface area contributed by atoms with Crippen LogP contribution < -0.4 is 5.32 Å². The van der Waals surface area contributed by atoms with E-state index < -0.39 is 30.4 Å². The summed E-state index contributed by atoms with van der Waals surface area (Å²) in [6.07, 6.45) is -0.932. The van der Waals surface area contributed by atoms with Gasteiger partial charge in [0.1, 0.15) is 11.6 Å². The molecular formula is C16H14FNO6. The van der Waals surface area contributed by atoms with Crippen LogP contribution in [0.2, 0.25) is 0 Å². The fourth-order valence-electron chi connectivity index (χ4n) is 1.77. The van der Waals surface area contributed by atoms with E-state index in [1.165, 1.54) is 30.3 Å². The molecule has 7 nitrogen and oxygen atoms in total. The highest BCUT2D eigenvalue weighted by atomic mass is 19.1. The number of hydrogen-bond acceptors (Lipinski definition) is 6. The predicted molar refractivity (Wildman–Crippen MR) is 79.5 cm³/mol. The van der Waals surface area contributed by atoms with E-state index >= 15 is 0 Å². The highest BCUT2D eigenvalue weighted by molar-refractivity contribution is 5.94. The Kier molecular flexibility index (Phi) is 5.67. The van der Waals surface area contributed by atoms with Gasteiger partial charge in [0, 0.05) is 0 Å². The van der Waals surface area contributed by atoms with Gasteiger partial charge >= 0.3 is 12.1 Å². The van der Waals surface area contributed by atoms with Crippen LogP contribution in [0.4, 0.5) is 9.18 Å². The molecule has 0 radical (unpaired) electrons. The van der Waals surface area contributed by atoms with Gasteiger partial charge in [-0.15, -0.1) is 0 Å². The predicted octanol–water partition coefficient (Wildman–Crippen LogP) is 2.52. The molecule has 0 aliphatic heterocycles. The van der Waals surface area contributed by atoms with Crippen LogP contribution in [0.15, 0.2) is 40.8 Å². The Morgan fingerprint density at radius 1 is 1.12 bits per heavy atom. The van der Waals surface area contributed by atoms with Crippen molar-refractivity contribution >= 4 is 18.0 Å². The minimum Gasteiger partial charge on any atom is -0.450 e. The standard InChI is InChI=1S/C16H14FNO6/c1-2-22-16(21)18-14(19)9-23-15(20)13-8-7-12(24-13)10-5-3-4-6-11(10)17/h3-8H,2,9H2,1H3,(H,18,19,21). The number of alkyl carbamates (subject to hydrolysis) is 1. The van der Waals surface area contributed by atoms with Crippen LogP contribution in [-0.2, 0) is 14.3 Å². The minimum atomic E-state index is -0.932. The highest BCUT2D eigenvalue weighted by Crippen LogP contribution is 2.24. The van der Waals surface area contributed by atoms with E-state index in [-0.39, 0.29) is 23.7 Å². The number of benzene rings is 1. The van der Waals surface area contributed by atoms with Crippen molar-refractivity contribution in [2.75, 3.05) is 13.2 Å². The van der Waals surface area contributed by atoms with Gasteiger partial charge in [-0.1, -0.05) is 12.1 Å². The summed E-state index contributed by atoms with van der Waals surface area (Å²) in [6, 6.07) is 8.62. The van der Waals surface area contributed by atoms with Gasteiger partial charge in [0.05, 0.1) is 12.2 Å². The average Bonchev–Trinajstić information content (AvgIpc) is 3.03. The summed E-state index contributed by atoms with van der Waals surface area (Å²) in [7, 11) is 0. The third kappa shape index (κ3) is 4.42. The van der Waals surface area contributed by atoms with E-state index in [1.54, 1.807) is 13.0 Å². The van der Waals surface area contributed by atoms with Gasteiger partial charge < -0.3 is 13.9 Å². The third-order valence-electron chi connectivity index (χ3n) is 2.80. The molecule has 0 unspecified atom stereocenters. The fourth-order valence-corrected chi connectivity index (χ4v) is 1.77. The van der Waals surface area contributed by atoms with Crippen molar-refractivity contribution < 1.29 is 32.7 Å². The molecule has 0 atom stereocenters. The number of carbonyl (C=O) groups excluding carboxylic acids is 3. The lowest BCUT2D eigenvalue weighted by atomic mass is 10.1. The molecule has 1 heterocycles. The molecule has 0 aliphatic rings. The Bertz CT molecular complexity index is 755. The first-order chi connectivity index (χ1) is 11.5. The lowest BCUT2D eigenvalue weighted by Gasteiger charge is -2.04. The highest BCUT2D eigenvalue weighted by Gasteiger charge is 2.17. The molecule has 2 rings (SSSR count). The largest absolute Gasteiger partial charge is 0.450 e. The van der Waals surface area contributed by atoms with E-state index in [1.807, 2.05) is 5.32 Å². The summed E-state index contributed by atoms with van der Waals surface area (Å²) < 4.78 is 28.1. The van der Waals surface area contributed by atoms with Crippen molar-refractivity contribution in [3.05, 3.63) is 48.0 Å². The second kappa shape index (κ2) is 7.91. The van der Waals surface area contributed by atoms with E-state index in [4.69, 9.17) is 9.15 Å². The van der Waals surface area contributed by atoms with Crippen LogP contribution in [0.3, 0.4) is 0 Å². The Balaban J connectivity index is 1.93. The topological polar surface area (TPSA) is 94.8 Å². The zero-order valence-corrected chi connectivity index (χ0v) is 12.7. The molecule has 8 heteroatoms. The summed E-state index contributed by atoms with van der Waals surface area (Å²) >= 11 is 0. The summed E-state index contributed by atoms with van der Waals surface area (Å²) in [6.45, 7) is 0.992. The molecule has 126 valence electrons. The first-order valence-corrected chi connectivity index (χ1v) is 6.99. The van der Waals surface area contributed by atoms with Gasteiger partial charge in [-0.05, 0) is 31.2 Å². The number of carbonyl (C=O) groups is 3. The molecule has 1 N–H and O–H groups in total. The Labute approximate surface area is 136 Å². The number of hydrogen-bond donors (Lipinski definition) is 1. The van der Waals surface area contributed by atoms with Gasteiger partial charge in [0.25, 0.3) is 5.91 Å². The molecule has 0 saturated heterocycles. The normalized spacial score (nSPS) is 10.1. The van der Waals surface area contributed by atoms with Crippen LogP contribution in [0, 0.1) is 5.82 Å². The molecule has 0 spiro atoms. The number of amides is 2. The maximum Gasteiger partial charge on any atom is 0.413 e. The number of halogens is 1. The number of nitrogens with one attached hydrogen (secondary N) is 1. The zero-order valence-electron chi connectivity index (χ0n) is 12.7. The van der Waals surface area contributed by atoms with E-state index in [9.17, 15) is 18.8 Å². The molecular weight excluding hydrogens is 321 g/mol. The van der Waals surface area contributed by atoms with Crippen LogP contribution in [-0.4, -0.2) is 31.2 Å². The zero-order chi connectivity index (χ0) is 17.5. The Morgan fingerprint density at radius 3 is 2.58 bits per heavy atom. The molecule has 2 amide bonds. The van der Waals surface area contributed by atoms with Gasteiger partial charge in [-0.3, -0.25) is 10.1 Å². The summed E-state index contributed by atoms with van der Waals surface area (Å²) in [4.78, 5) is 34.2. The van der Waals surface area contributed by atoms with E-state index in [2.05, 4.69) is 4.74 Å². The van der Waals surface area contributed by atoms with Crippen molar-refractivity contribution in [2.45, 2.75) is 6.92 Å². The van der Waals surface area contributed by atoms with Crippen molar-refractivity contribution in [1.29, 1.82) is 0 Å². The van der Waals surface area contributed by atoms with Crippen LogP contribution in [0.25, 0.3) is 11.3 Å². The molecule has 2 aromatic rings. The molecule has 0 saturated carbocycles. The van der Waals surface area contributed by atoms with Crippen molar-refractivity contribution in [1.82, 2.24) is 5.32 Å². The minimum absolute atomic E-state index is 0.101. The van der Waals surface area contributed by atoms with E-state index in [0.717, 1.165) is 0 Å². The van der Waals surface area contributed by atoms with Gasteiger partial charge in [-0.2, -0.15) is 0 Å². The van der Waals surface area contributed by atoms with Crippen molar-refractivity contribution in [2.24, 2.45) is 0 Å². The monoisotopic (exact) mass is 335 g/mol. The molecule has 1 aromatic heterocycles. The maximum atomic E-state index is 13.7. The third-order valence-corrected chi connectivity index (χ3v) is 2.80. The van der Waals surface area contributed by atoms with Crippen molar-refractivity contribution in [3.8, 4) is 11.3 Å². The van der Waals surface area contributed by atoms with Crippen LogP contribution in [0.5, 0.6) is 0 Å². The fraction of sp³-hybridized carbons (Fsp3) is 0.188. The molecule has 0 bridgehead atoms. The number of furan rings is 1. The molecule has 24 heavy (non-hydrogen) atoms. The van der Waals surface area contributed by atoms with Gasteiger partial charge in [0.2, 0.25) is 5.76 Å². The SMILES string of the molecule is CCOC(=O)NC(=O)COC(=O)c1ccc(-c2ccccc2F)o1. The average molecular weight is 335 g/mol. The van der Waals surface area contributed by atoms with Crippen LogP contribution >= 0.6 is 0 Å². The number of rotatable bonds is 5. The summed E-state index contributed by atoms with van der Waals surface area (Å²) in [5.74, 6) is -2.31. The maximum absolute atomic E-state index is 13.7. The first-order valence-electron chi connectivity index (χ1n) is 6.99. The molecule has 1 aromatic carbocycles. The lowest BCUT2D eigenvalue weighted by Crippen LogP contribution is -2.34. The summed E-state index contributed by atoms with van der Waals surface area (Å²) in [5.41, 5.74) is 0.191. The van der Waals surface area contributed by atoms with Gasteiger partial charge in [-0.25, -0.2) is 14.0 Å². The Morgan fingerprint density at radius 2 is 1.88 bits per heavy atom. The second-order valence-corrected chi connectivity index (χ2v) is 4.49. The van der Waals surface area contributed by atoms with Crippen molar-refractivity contribution in [3.63, 3.8) is 0 Å². The van der Waals surface area contributed by atoms with E-state index in [0.29, 0.717) is 0 Å². The number of esters is 1.